The van der Waals surface area contributed by atoms with E-state index in [0.717, 1.165) is 10.9 Å². The van der Waals surface area contributed by atoms with Crippen LogP contribution in [-0.2, 0) is 4.74 Å². The standard InChI is InChI=1S/C11H19BrN2O2/c1-4-11(3)8-14(5-6-16-11)10(15)13-7-9(2)12/h2,4-8H2,1,3H3,(H,13,15)/t11-/m0/s1. The van der Waals surface area contributed by atoms with E-state index >= 15 is 0 Å². The van der Waals surface area contributed by atoms with Crippen molar-refractivity contribution >= 4 is 22.0 Å². The first kappa shape index (κ1) is 13.5. The van der Waals surface area contributed by atoms with Gasteiger partial charge in [0, 0.05) is 11.0 Å². The molecule has 0 radical (unpaired) electrons. The zero-order valence-corrected chi connectivity index (χ0v) is 11.5. The Hall–Kier alpha value is -0.550. The van der Waals surface area contributed by atoms with Crippen LogP contribution in [0.2, 0.25) is 0 Å². The molecule has 0 bridgehead atoms. The van der Waals surface area contributed by atoms with Gasteiger partial charge in [-0.05, 0) is 13.3 Å². The zero-order valence-electron chi connectivity index (χ0n) is 9.88. The Bertz CT molecular complexity index is 283. The molecule has 0 aliphatic carbocycles. The van der Waals surface area contributed by atoms with Gasteiger partial charge in [-0.2, -0.15) is 0 Å². The molecule has 0 spiro atoms. The van der Waals surface area contributed by atoms with E-state index < -0.39 is 0 Å². The van der Waals surface area contributed by atoms with Crippen molar-refractivity contribution < 1.29 is 9.53 Å². The zero-order chi connectivity index (χ0) is 12.2. The first-order chi connectivity index (χ1) is 7.47. The largest absolute Gasteiger partial charge is 0.372 e. The molecule has 1 fully saturated rings. The van der Waals surface area contributed by atoms with Crippen molar-refractivity contribution in [2.24, 2.45) is 0 Å². The van der Waals surface area contributed by atoms with Crippen LogP contribution in [0.25, 0.3) is 0 Å². The molecular formula is C11H19BrN2O2. The van der Waals surface area contributed by atoms with Gasteiger partial charge in [-0.3, -0.25) is 0 Å². The number of rotatable bonds is 3. The molecule has 1 aliphatic rings. The van der Waals surface area contributed by atoms with Crippen LogP contribution in [0.3, 0.4) is 0 Å². The fraction of sp³-hybridized carbons (Fsp3) is 0.727. The van der Waals surface area contributed by atoms with Crippen LogP contribution < -0.4 is 5.32 Å². The van der Waals surface area contributed by atoms with Crippen LogP contribution >= 0.6 is 15.9 Å². The predicted octanol–water partition coefficient (Wildman–Crippen LogP) is 2.11. The summed E-state index contributed by atoms with van der Waals surface area (Å²) in [6.45, 7) is 10.1. The molecule has 0 aromatic rings. The lowest BCUT2D eigenvalue weighted by Crippen LogP contribution is -2.54. The molecule has 4 nitrogen and oxygen atoms in total. The van der Waals surface area contributed by atoms with Gasteiger partial charge in [-0.1, -0.05) is 29.4 Å². The minimum atomic E-state index is -0.207. The predicted molar refractivity (Wildman–Crippen MR) is 67.7 cm³/mol. The molecule has 0 saturated carbocycles. The molecule has 1 atom stereocenters. The molecule has 2 amide bonds. The Kier molecular flexibility index (Phi) is 4.80. The van der Waals surface area contributed by atoms with Crippen molar-refractivity contribution in [3.05, 3.63) is 11.1 Å². The maximum atomic E-state index is 11.8. The Morgan fingerprint density at radius 1 is 1.69 bits per heavy atom. The highest BCUT2D eigenvalue weighted by molar-refractivity contribution is 9.11. The van der Waals surface area contributed by atoms with E-state index in [4.69, 9.17) is 4.74 Å². The topological polar surface area (TPSA) is 41.6 Å². The van der Waals surface area contributed by atoms with Crippen LogP contribution in [0.15, 0.2) is 11.1 Å². The van der Waals surface area contributed by atoms with Crippen molar-refractivity contribution in [1.29, 1.82) is 0 Å². The van der Waals surface area contributed by atoms with E-state index in [2.05, 4.69) is 34.7 Å². The highest BCUT2D eigenvalue weighted by Crippen LogP contribution is 2.20. The van der Waals surface area contributed by atoms with Crippen LogP contribution in [0.4, 0.5) is 4.79 Å². The van der Waals surface area contributed by atoms with Crippen LogP contribution in [-0.4, -0.2) is 42.8 Å². The Balaban J connectivity index is 2.47. The average molecular weight is 291 g/mol. The molecule has 1 N–H and O–H groups in total. The van der Waals surface area contributed by atoms with Gasteiger partial charge in [-0.15, -0.1) is 0 Å². The molecule has 1 aliphatic heterocycles. The smallest absolute Gasteiger partial charge is 0.317 e. The van der Waals surface area contributed by atoms with Gasteiger partial charge in [0.25, 0.3) is 0 Å². The van der Waals surface area contributed by atoms with E-state index in [0.29, 0.717) is 26.2 Å². The maximum Gasteiger partial charge on any atom is 0.317 e. The number of amides is 2. The summed E-state index contributed by atoms with van der Waals surface area (Å²) in [4.78, 5) is 13.6. The minimum Gasteiger partial charge on any atom is -0.372 e. The first-order valence-corrected chi connectivity index (χ1v) is 6.26. The maximum absolute atomic E-state index is 11.8. The molecule has 0 aromatic carbocycles. The van der Waals surface area contributed by atoms with Gasteiger partial charge in [-0.25, -0.2) is 4.79 Å². The Labute approximate surface area is 105 Å². The van der Waals surface area contributed by atoms with Gasteiger partial charge in [0.05, 0.1) is 25.3 Å². The van der Waals surface area contributed by atoms with E-state index in [1.54, 1.807) is 4.90 Å². The van der Waals surface area contributed by atoms with Gasteiger partial charge >= 0.3 is 6.03 Å². The number of halogens is 1. The summed E-state index contributed by atoms with van der Waals surface area (Å²) in [6.07, 6.45) is 0.905. The SMILES string of the molecule is C=C(Br)CNC(=O)N1CCO[C@@](C)(CC)C1. The lowest BCUT2D eigenvalue weighted by Gasteiger charge is -2.39. The number of hydrogen-bond donors (Lipinski definition) is 1. The van der Waals surface area contributed by atoms with Crippen LogP contribution in [0.1, 0.15) is 20.3 Å². The van der Waals surface area contributed by atoms with Gasteiger partial charge in [0.15, 0.2) is 0 Å². The molecule has 0 aromatic heterocycles. The Morgan fingerprint density at radius 3 is 2.94 bits per heavy atom. The quantitative estimate of drug-likeness (QED) is 0.865. The lowest BCUT2D eigenvalue weighted by atomic mass is 10.0. The van der Waals surface area contributed by atoms with Crippen LogP contribution in [0, 0.1) is 0 Å². The number of urea groups is 1. The summed E-state index contributed by atoms with van der Waals surface area (Å²) in [5, 5.41) is 2.80. The third-order valence-electron chi connectivity index (χ3n) is 2.80. The third-order valence-corrected chi connectivity index (χ3v) is 3.08. The second kappa shape index (κ2) is 5.68. The number of nitrogens with zero attached hydrogens (tertiary/aromatic N) is 1. The van der Waals surface area contributed by atoms with E-state index in [-0.39, 0.29) is 11.6 Å². The normalized spacial score (nSPS) is 25.3. The highest BCUT2D eigenvalue weighted by atomic mass is 79.9. The van der Waals surface area contributed by atoms with E-state index in [9.17, 15) is 4.79 Å². The summed E-state index contributed by atoms with van der Waals surface area (Å²) >= 11 is 3.21. The number of hydrogen-bond acceptors (Lipinski definition) is 2. The fourth-order valence-electron chi connectivity index (χ4n) is 1.60. The second-order valence-electron chi connectivity index (χ2n) is 4.25. The number of carbonyl (C=O) groups is 1. The average Bonchev–Trinajstić information content (AvgIpc) is 2.26. The van der Waals surface area contributed by atoms with Crippen molar-refractivity contribution in [2.45, 2.75) is 25.9 Å². The minimum absolute atomic E-state index is 0.0522. The fourth-order valence-corrected chi connectivity index (χ4v) is 1.74. The highest BCUT2D eigenvalue weighted by Gasteiger charge is 2.32. The molecule has 1 rings (SSSR count). The molecular weight excluding hydrogens is 272 g/mol. The van der Waals surface area contributed by atoms with Gasteiger partial charge < -0.3 is 15.0 Å². The number of morpholine rings is 1. The lowest BCUT2D eigenvalue weighted by molar-refractivity contribution is -0.0871. The van der Waals surface area contributed by atoms with Crippen molar-refractivity contribution in [1.82, 2.24) is 10.2 Å². The first-order valence-electron chi connectivity index (χ1n) is 5.47. The van der Waals surface area contributed by atoms with E-state index in [1.165, 1.54) is 0 Å². The summed E-state index contributed by atoms with van der Waals surface area (Å²) in [5.74, 6) is 0. The second-order valence-corrected chi connectivity index (χ2v) is 5.37. The number of ether oxygens (including phenoxy) is 1. The molecule has 5 heteroatoms. The molecule has 1 saturated heterocycles. The Morgan fingerprint density at radius 2 is 2.38 bits per heavy atom. The molecule has 16 heavy (non-hydrogen) atoms. The van der Waals surface area contributed by atoms with Crippen molar-refractivity contribution in [3.8, 4) is 0 Å². The van der Waals surface area contributed by atoms with E-state index in [1.807, 2.05) is 6.92 Å². The molecule has 0 unspecified atom stereocenters. The summed E-state index contributed by atoms with van der Waals surface area (Å²) in [7, 11) is 0. The third kappa shape index (κ3) is 3.79. The molecule has 1 heterocycles. The number of carbonyl (C=O) groups excluding carboxylic acids is 1. The monoisotopic (exact) mass is 290 g/mol. The summed E-state index contributed by atoms with van der Waals surface area (Å²) in [6, 6.07) is -0.0522. The summed E-state index contributed by atoms with van der Waals surface area (Å²) in [5.41, 5.74) is -0.207. The van der Waals surface area contributed by atoms with Gasteiger partial charge in [0.1, 0.15) is 0 Å². The van der Waals surface area contributed by atoms with Gasteiger partial charge in [0.2, 0.25) is 0 Å². The van der Waals surface area contributed by atoms with Crippen molar-refractivity contribution in [3.63, 3.8) is 0 Å². The molecule has 92 valence electrons. The van der Waals surface area contributed by atoms with Crippen LogP contribution in [0.5, 0.6) is 0 Å². The van der Waals surface area contributed by atoms with Crippen molar-refractivity contribution in [2.75, 3.05) is 26.2 Å². The summed E-state index contributed by atoms with van der Waals surface area (Å²) < 4.78 is 6.44. The number of nitrogens with one attached hydrogen (secondary N) is 1.